The van der Waals surface area contributed by atoms with Gasteiger partial charge in [-0.3, -0.25) is 4.79 Å². The molecule has 4 heteroatoms. The van der Waals surface area contributed by atoms with Crippen molar-refractivity contribution in [2.45, 2.75) is 44.8 Å². The van der Waals surface area contributed by atoms with Gasteiger partial charge in [0, 0.05) is 6.04 Å². The van der Waals surface area contributed by atoms with Gasteiger partial charge in [0.25, 0.3) is 5.91 Å². The lowest BCUT2D eigenvalue weighted by molar-refractivity contribution is -0.128. The molecule has 4 atom stereocenters. The Morgan fingerprint density at radius 2 is 2.00 bits per heavy atom. The van der Waals surface area contributed by atoms with Crippen LogP contribution in [0, 0.1) is 11.8 Å². The van der Waals surface area contributed by atoms with Crippen LogP contribution in [0.3, 0.4) is 0 Å². The smallest absolute Gasteiger partial charge is 0.261 e. The van der Waals surface area contributed by atoms with Crippen LogP contribution in [0.2, 0.25) is 0 Å². The second-order valence-corrected chi connectivity index (χ2v) is 6.20. The molecule has 2 aliphatic carbocycles. The number of nitrogens with one attached hydrogen (secondary N) is 1. The van der Waals surface area contributed by atoms with Crippen molar-refractivity contribution in [1.82, 2.24) is 5.32 Å². The zero-order valence-corrected chi connectivity index (χ0v) is 12.7. The molecule has 1 N–H and O–H groups in total. The molecular formula is C17H23NO3. The lowest BCUT2D eigenvalue weighted by Gasteiger charge is -2.25. The zero-order chi connectivity index (χ0) is 14.8. The van der Waals surface area contributed by atoms with Gasteiger partial charge >= 0.3 is 0 Å². The van der Waals surface area contributed by atoms with E-state index in [2.05, 4.69) is 5.32 Å². The fourth-order valence-corrected chi connectivity index (χ4v) is 3.68. The van der Waals surface area contributed by atoms with Crippen LogP contribution >= 0.6 is 0 Å². The molecule has 0 aliphatic heterocycles. The number of benzene rings is 1. The van der Waals surface area contributed by atoms with Crippen LogP contribution < -0.4 is 14.8 Å². The Bertz CT molecular complexity index is 517. The molecule has 114 valence electrons. The van der Waals surface area contributed by atoms with E-state index in [-0.39, 0.29) is 5.91 Å². The minimum absolute atomic E-state index is 0.0292. The van der Waals surface area contributed by atoms with E-state index in [1.165, 1.54) is 19.3 Å². The average molecular weight is 289 g/mol. The van der Waals surface area contributed by atoms with E-state index >= 15 is 0 Å². The van der Waals surface area contributed by atoms with Crippen LogP contribution in [0.15, 0.2) is 24.3 Å². The number of carbonyl (C=O) groups excluding carboxylic acids is 1. The number of hydrogen-bond acceptors (Lipinski definition) is 3. The Balaban J connectivity index is 1.57. The lowest BCUT2D eigenvalue weighted by Crippen LogP contribution is -2.44. The molecule has 2 bridgehead atoms. The topological polar surface area (TPSA) is 47.6 Å². The highest BCUT2D eigenvalue weighted by molar-refractivity contribution is 5.81. The van der Waals surface area contributed by atoms with Gasteiger partial charge in [-0.05, 0) is 50.2 Å². The molecule has 4 nitrogen and oxygen atoms in total. The SMILES string of the molecule is COc1ccccc1O[C@@H](C)C(=O)N[C@@H]1C[C@H]2CC[C@H]1C2. The first-order valence-corrected chi connectivity index (χ1v) is 7.77. The zero-order valence-electron chi connectivity index (χ0n) is 12.7. The van der Waals surface area contributed by atoms with Crippen molar-refractivity contribution in [2.75, 3.05) is 7.11 Å². The minimum Gasteiger partial charge on any atom is -0.493 e. The molecule has 1 aromatic rings. The van der Waals surface area contributed by atoms with E-state index in [1.54, 1.807) is 14.0 Å². The average Bonchev–Trinajstić information content (AvgIpc) is 3.10. The Kier molecular flexibility index (Phi) is 4.04. The second-order valence-electron chi connectivity index (χ2n) is 6.20. The third kappa shape index (κ3) is 2.99. The van der Waals surface area contributed by atoms with Gasteiger partial charge < -0.3 is 14.8 Å². The maximum Gasteiger partial charge on any atom is 0.261 e. The number of hydrogen-bond donors (Lipinski definition) is 1. The normalized spacial score (nSPS) is 28.2. The molecule has 1 amide bonds. The monoisotopic (exact) mass is 289 g/mol. The first kappa shape index (κ1) is 14.2. The van der Waals surface area contributed by atoms with Crippen molar-refractivity contribution in [2.24, 2.45) is 11.8 Å². The first-order valence-electron chi connectivity index (χ1n) is 7.77. The number of fused-ring (bicyclic) bond motifs is 2. The molecule has 1 aromatic carbocycles. The Morgan fingerprint density at radius 1 is 1.24 bits per heavy atom. The third-order valence-corrected chi connectivity index (χ3v) is 4.81. The summed E-state index contributed by atoms with van der Waals surface area (Å²) in [6.07, 6.45) is 4.51. The molecule has 3 rings (SSSR count). The van der Waals surface area contributed by atoms with E-state index in [0.717, 1.165) is 12.3 Å². The highest BCUT2D eigenvalue weighted by atomic mass is 16.5. The maximum absolute atomic E-state index is 12.3. The fraction of sp³-hybridized carbons (Fsp3) is 0.588. The molecule has 2 fully saturated rings. The first-order chi connectivity index (χ1) is 10.2. The molecule has 0 spiro atoms. The van der Waals surface area contributed by atoms with Crippen LogP contribution in [0.4, 0.5) is 0 Å². The van der Waals surface area contributed by atoms with Gasteiger partial charge in [-0.25, -0.2) is 0 Å². The number of ether oxygens (including phenoxy) is 2. The highest BCUT2D eigenvalue weighted by Crippen LogP contribution is 2.44. The van der Waals surface area contributed by atoms with Gasteiger partial charge in [0.05, 0.1) is 7.11 Å². The Labute approximate surface area is 125 Å². The lowest BCUT2D eigenvalue weighted by atomic mass is 9.95. The summed E-state index contributed by atoms with van der Waals surface area (Å²) in [5, 5.41) is 3.16. The van der Waals surface area contributed by atoms with Gasteiger partial charge in [0.15, 0.2) is 17.6 Å². The van der Waals surface area contributed by atoms with Crippen LogP contribution in [-0.4, -0.2) is 25.2 Å². The van der Waals surface area contributed by atoms with E-state index in [0.29, 0.717) is 23.5 Å². The molecule has 0 heterocycles. The summed E-state index contributed by atoms with van der Waals surface area (Å²) < 4.78 is 11.0. The van der Waals surface area contributed by atoms with E-state index < -0.39 is 6.10 Å². The minimum atomic E-state index is -0.513. The van der Waals surface area contributed by atoms with Crippen molar-refractivity contribution in [3.63, 3.8) is 0 Å². The fourth-order valence-electron chi connectivity index (χ4n) is 3.68. The van der Waals surface area contributed by atoms with E-state index in [1.807, 2.05) is 24.3 Å². The van der Waals surface area contributed by atoms with Crippen molar-refractivity contribution < 1.29 is 14.3 Å². The van der Waals surface area contributed by atoms with Gasteiger partial charge in [-0.2, -0.15) is 0 Å². The molecule has 2 saturated carbocycles. The second kappa shape index (κ2) is 5.96. The molecule has 0 radical (unpaired) electrons. The van der Waals surface area contributed by atoms with Gasteiger partial charge in [0.1, 0.15) is 0 Å². The number of methoxy groups -OCH3 is 1. The molecule has 0 saturated heterocycles. The predicted molar refractivity (Wildman–Crippen MR) is 80.5 cm³/mol. The largest absolute Gasteiger partial charge is 0.493 e. The number of rotatable bonds is 5. The molecule has 0 aromatic heterocycles. The quantitative estimate of drug-likeness (QED) is 0.906. The van der Waals surface area contributed by atoms with Crippen molar-refractivity contribution in [3.05, 3.63) is 24.3 Å². The summed E-state index contributed by atoms with van der Waals surface area (Å²) >= 11 is 0. The van der Waals surface area contributed by atoms with Crippen LogP contribution in [0.1, 0.15) is 32.6 Å². The summed E-state index contributed by atoms with van der Waals surface area (Å²) in [7, 11) is 1.60. The molecule has 2 aliphatic rings. The van der Waals surface area contributed by atoms with Crippen molar-refractivity contribution >= 4 is 5.91 Å². The van der Waals surface area contributed by atoms with Gasteiger partial charge in [-0.1, -0.05) is 18.6 Å². The van der Waals surface area contributed by atoms with Crippen molar-refractivity contribution in [3.8, 4) is 11.5 Å². The maximum atomic E-state index is 12.3. The van der Waals surface area contributed by atoms with Gasteiger partial charge in [-0.15, -0.1) is 0 Å². The number of carbonyl (C=O) groups is 1. The summed E-state index contributed by atoms with van der Waals surface area (Å²) in [6, 6.07) is 7.75. The summed E-state index contributed by atoms with van der Waals surface area (Å²) in [6.45, 7) is 1.79. The summed E-state index contributed by atoms with van der Waals surface area (Å²) in [5.41, 5.74) is 0. The van der Waals surface area contributed by atoms with E-state index in [4.69, 9.17) is 9.47 Å². The predicted octanol–water partition coefficient (Wildman–Crippen LogP) is 2.77. The molecule has 0 unspecified atom stereocenters. The highest BCUT2D eigenvalue weighted by Gasteiger charge is 2.40. The van der Waals surface area contributed by atoms with Crippen molar-refractivity contribution in [1.29, 1.82) is 0 Å². The third-order valence-electron chi connectivity index (χ3n) is 4.81. The molecular weight excluding hydrogens is 266 g/mol. The Hall–Kier alpha value is -1.71. The van der Waals surface area contributed by atoms with Crippen LogP contribution in [-0.2, 0) is 4.79 Å². The van der Waals surface area contributed by atoms with Crippen LogP contribution in [0.5, 0.6) is 11.5 Å². The van der Waals surface area contributed by atoms with Crippen LogP contribution in [0.25, 0.3) is 0 Å². The number of amides is 1. The standard InChI is InChI=1S/C17H23NO3/c1-11(21-16-6-4-3-5-15(16)20-2)17(19)18-14-10-12-7-8-13(14)9-12/h3-6,11-14H,7-10H2,1-2H3,(H,18,19)/t11-,12-,13-,14+/m0/s1. The Morgan fingerprint density at radius 3 is 2.62 bits per heavy atom. The van der Waals surface area contributed by atoms with Gasteiger partial charge in [0.2, 0.25) is 0 Å². The number of para-hydroxylation sites is 2. The summed E-state index contributed by atoms with van der Waals surface area (Å²) in [5.74, 6) is 2.73. The van der Waals surface area contributed by atoms with E-state index in [9.17, 15) is 4.79 Å². The summed E-state index contributed by atoms with van der Waals surface area (Å²) in [4.78, 5) is 12.3. The molecule has 21 heavy (non-hydrogen) atoms.